The molecule has 6 nitrogen and oxygen atoms in total. The number of para-hydroxylation sites is 1. The first kappa shape index (κ1) is 22.3. The highest BCUT2D eigenvalue weighted by Gasteiger charge is 2.43. The minimum atomic E-state index is -4.47. The van der Waals surface area contributed by atoms with E-state index in [9.17, 15) is 22.8 Å². The van der Waals surface area contributed by atoms with Gasteiger partial charge in [-0.3, -0.25) is 9.59 Å². The number of hydrogen-bond donors (Lipinski definition) is 1. The van der Waals surface area contributed by atoms with Gasteiger partial charge in [0.2, 0.25) is 11.8 Å². The molecule has 1 N–H and O–H groups in total. The van der Waals surface area contributed by atoms with Crippen molar-refractivity contribution >= 4 is 24.2 Å². The molecule has 1 aromatic rings. The number of likely N-dealkylation sites (tertiary alicyclic amines) is 1. The molecule has 3 rings (SSSR count). The normalized spacial score (nSPS) is 22.8. The highest BCUT2D eigenvalue weighted by atomic mass is 35.5. The summed E-state index contributed by atoms with van der Waals surface area (Å²) >= 11 is 0. The van der Waals surface area contributed by atoms with Crippen LogP contribution in [-0.4, -0.2) is 67.6 Å². The Labute approximate surface area is 167 Å². The fourth-order valence-electron chi connectivity index (χ4n) is 3.73. The smallest absolute Gasteiger partial charge is 0.406 e. The average molecular weight is 422 g/mol. The lowest BCUT2D eigenvalue weighted by Gasteiger charge is -2.38. The van der Waals surface area contributed by atoms with Crippen LogP contribution in [0.1, 0.15) is 18.0 Å². The maximum absolute atomic E-state index is 13.0. The molecule has 0 aliphatic carbocycles. The maximum atomic E-state index is 13.0. The third-order valence-corrected chi connectivity index (χ3v) is 4.96. The van der Waals surface area contributed by atoms with Gasteiger partial charge in [0, 0.05) is 38.2 Å². The van der Waals surface area contributed by atoms with Crippen LogP contribution in [0.15, 0.2) is 24.3 Å². The molecular formula is C18H23ClF3N3O3. The lowest BCUT2D eigenvalue weighted by Crippen LogP contribution is -2.51. The quantitative estimate of drug-likeness (QED) is 0.807. The summed E-state index contributed by atoms with van der Waals surface area (Å²) in [5.41, 5.74) is 0.831. The molecule has 2 aliphatic rings. The van der Waals surface area contributed by atoms with E-state index in [0.29, 0.717) is 25.4 Å². The van der Waals surface area contributed by atoms with Crippen LogP contribution in [0, 0.1) is 5.92 Å². The molecule has 2 aliphatic heterocycles. The second-order valence-electron chi connectivity index (χ2n) is 6.78. The second kappa shape index (κ2) is 9.00. The number of methoxy groups -OCH3 is 1. The summed E-state index contributed by atoms with van der Waals surface area (Å²) in [6, 6.07) is 7.05. The predicted octanol–water partition coefficient (Wildman–Crippen LogP) is 2.00. The van der Waals surface area contributed by atoms with E-state index in [2.05, 4.69) is 5.32 Å². The number of nitrogens with zero attached hydrogens (tertiary/aromatic N) is 2. The highest BCUT2D eigenvalue weighted by molar-refractivity contribution is 5.89. The van der Waals surface area contributed by atoms with Gasteiger partial charge in [-0.2, -0.15) is 13.2 Å². The van der Waals surface area contributed by atoms with Crippen molar-refractivity contribution < 1.29 is 27.5 Å². The van der Waals surface area contributed by atoms with E-state index >= 15 is 0 Å². The first-order chi connectivity index (χ1) is 12.8. The van der Waals surface area contributed by atoms with Crippen molar-refractivity contribution in [1.82, 2.24) is 15.1 Å². The topological polar surface area (TPSA) is 61.9 Å². The standard InChI is InChI=1S/C18H22F3N3O3.ClH/c1-27-15-5-3-2-4-13(15)14-9-22-6-7-24(14)17(26)12-8-16(25)23(10-12)11-18(19,20)21;/h2-5,12,14,22H,6-11H2,1H3;1H. The summed E-state index contributed by atoms with van der Waals surface area (Å²) in [6.45, 7) is 0.0156. The van der Waals surface area contributed by atoms with Gasteiger partial charge in [0.05, 0.1) is 19.1 Å². The van der Waals surface area contributed by atoms with E-state index in [1.165, 1.54) is 0 Å². The van der Waals surface area contributed by atoms with E-state index in [4.69, 9.17) is 4.74 Å². The van der Waals surface area contributed by atoms with Crippen LogP contribution in [0.2, 0.25) is 0 Å². The molecule has 0 saturated carbocycles. The minimum Gasteiger partial charge on any atom is -0.496 e. The van der Waals surface area contributed by atoms with E-state index in [1.807, 2.05) is 18.2 Å². The summed E-state index contributed by atoms with van der Waals surface area (Å²) in [5, 5.41) is 3.23. The molecule has 1 aromatic carbocycles. The lowest BCUT2D eigenvalue weighted by atomic mass is 9.99. The Morgan fingerprint density at radius 3 is 2.71 bits per heavy atom. The van der Waals surface area contributed by atoms with E-state index in [-0.39, 0.29) is 37.3 Å². The molecule has 156 valence electrons. The molecule has 2 atom stereocenters. The van der Waals surface area contributed by atoms with E-state index in [1.54, 1.807) is 18.1 Å². The molecule has 10 heteroatoms. The maximum Gasteiger partial charge on any atom is 0.406 e. The zero-order valence-electron chi connectivity index (χ0n) is 15.4. The van der Waals surface area contributed by atoms with Crippen LogP contribution in [0.5, 0.6) is 5.75 Å². The van der Waals surface area contributed by atoms with Crippen LogP contribution in [0.3, 0.4) is 0 Å². The number of nitrogens with one attached hydrogen (secondary N) is 1. The Morgan fingerprint density at radius 2 is 2.04 bits per heavy atom. The van der Waals surface area contributed by atoms with Gasteiger partial charge in [-0.25, -0.2) is 0 Å². The number of benzene rings is 1. The number of carbonyl (C=O) groups is 2. The summed E-state index contributed by atoms with van der Waals surface area (Å²) in [7, 11) is 1.55. The summed E-state index contributed by atoms with van der Waals surface area (Å²) in [5.74, 6) is -1.03. The highest BCUT2D eigenvalue weighted by Crippen LogP contribution is 2.33. The number of carbonyl (C=O) groups excluding carboxylic acids is 2. The number of ether oxygens (including phenoxy) is 1. The van der Waals surface area contributed by atoms with Crippen molar-refractivity contribution in [3.8, 4) is 5.75 Å². The van der Waals surface area contributed by atoms with Gasteiger partial charge >= 0.3 is 6.18 Å². The van der Waals surface area contributed by atoms with Gasteiger partial charge in [0.15, 0.2) is 0 Å². The van der Waals surface area contributed by atoms with Gasteiger partial charge in [0.1, 0.15) is 12.3 Å². The number of alkyl halides is 3. The molecule has 0 aromatic heterocycles. The average Bonchev–Trinajstić information content (AvgIpc) is 3.00. The molecule has 0 bridgehead atoms. The van der Waals surface area contributed by atoms with Crippen molar-refractivity contribution in [2.75, 3.05) is 39.8 Å². The summed E-state index contributed by atoms with van der Waals surface area (Å²) in [6.07, 6.45) is -4.65. The van der Waals surface area contributed by atoms with Crippen molar-refractivity contribution in [2.24, 2.45) is 5.92 Å². The van der Waals surface area contributed by atoms with Crippen molar-refractivity contribution in [3.05, 3.63) is 29.8 Å². The van der Waals surface area contributed by atoms with Gasteiger partial charge < -0.3 is 19.9 Å². The fourth-order valence-corrected chi connectivity index (χ4v) is 3.73. The molecular weight excluding hydrogens is 399 g/mol. The second-order valence-corrected chi connectivity index (χ2v) is 6.78. The molecule has 2 heterocycles. The number of hydrogen-bond acceptors (Lipinski definition) is 4. The molecule has 28 heavy (non-hydrogen) atoms. The lowest BCUT2D eigenvalue weighted by molar-refractivity contribution is -0.157. The predicted molar refractivity (Wildman–Crippen MR) is 98.3 cm³/mol. The van der Waals surface area contributed by atoms with Gasteiger partial charge in [-0.15, -0.1) is 12.4 Å². The van der Waals surface area contributed by atoms with E-state index in [0.717, 1.165) is 10.5 Å². The van der Waals surface area contributed by atoms with Crippen LogP contribution in [0.4, 0.5) is 13.2 Å². The van der Waals surface area contributed by atoms with Crippen LogP contribution >= 0.6 is 12.4 Å². The van der Waals surface area contributed by atoms with Gasteiger partial charge in [-0.1, -0.05) is 18.2 Å². The van der Waals surface area contributed by atoms with E-state index < -0.39 is 24.5 Å². The van der Waals surface area contributed by atoms with Crippen molar-refractivity contribution in [2.45, 2.75) is 18.6 Å². The third kappa shape index (κ3) is 4.88. The zero-order valence-corrected chi connectivity index (χ0v) is 16.2. The Balaban J connectivity index is 0.00000280. The zero-order chi connectivity index (χ0) is 19.6. The molecule has 0 radical (unpaired) electrons. The monoisotopic (exact) mass is 421 g/mol. The first-order valence-electron chi connectivity index (χ1n) is 8.79. The molecule has 2 saturated heterocycles. The summed E-state index contributed by atoms with van der Waals surface area (Å²) < 4.78 is 43.2. The third-order valence-electron chi connectivity index (χ3n) is 4.96. The van der Waals surface area contributed by atoms with Gasteiger partial charge in [0.25, 0.3) is 0 Å². The summed E-state index contributed by atoms with van der Waals surface area (Å²) in [4.78, 5) is 27.3. The molecule has 0 spiro atoms. The Kier molecular flexibility index (Phi) is 7.16. The van der Waals surface area contributed by atoms with Crippen molar-refractivity contribution in [1.29, 1.82) is 0 Å². The van der Waals surface area contributed by atoms with Crippen molar-refractivity contribution in [3.63, 3.8) is 0 Å². The number of rotatable bonds is 4. The number of piperazine rings is 1. The molecule has 2 unspecified atom stereocenters. The molecule has 2 fully saturated rings. The largest absolute Gasteiger partial charge is 0.496 e. The van der Waals surface area contributed by atoms with Crippen LogP contribution in [0.25, 0.3) is 0 Å². The van der Waals surface area contributed by atoms with Gasteiger partial charge in [-0.05, 0) is 6.07 Å². The number of halogens is 4. The number of amides is 2. The SMILES string of the molecule is COc1ccccc1C1CNCCN1C(=O)C1CC(=O)N(CC(F)(F)F)C1.Cl. The first-order valence-corrected chi connectivity index (χ1v) is 8.79. The van der Waals surface area contributed by atoms with Crippen LogP contribution < -0.4 is 10.1 Å². The Morgan fingerprint density at radius 1 is 1.32 bits per heavy atom. The fraction of sp³-hybridized carbons (Fsp3) is 0.556. The molecule has 2 amide bonds. The van der Waals surface area contributed by atoms with Crippen LogP contribution in [-0.2, 0) is 9.59 Å². The Hall–Kier alpha value is -2.00. The minimum absolute atomic E-state index is 0. The Bertz CT molecular complexity index is 717.